The molecule has 0 aliphatic heterocycles. The third kappa shape index (κ3) is 2.76. The number of nitrogens with zero attached hydrogens (tertiary/aromatic N) is 3. The van der Waals surface area contributed by atoms with Crippen LogP contribution in [0.1, 0.15) is 28.3 Å². The summed E-state index contributed by atoms with van der Waals surface area (Å²) in [5, 5.41) is 7.84. The van der Waals surface area contributed by atoms with Crippen LogP contribution in [0.3, 0.4) is 0 Å². The van der Waals surface area contributed by atoms with Gasteiger partial charge in [-0.2, -0.15) is 5.10 Å². The maximum Gasteiger partial charge on any atom is 0.0641 e. The molecule has 0 aliphatic carbocycles. The van der Waals surface area contributed by atoms with Gasteiger partial charge in [-0.1, -0.05) is 6.07 Å². The van der Waals surface area contributed by atoms with Gasteiger partial charge >= 0.3 is 0 Å². The number of hydrogen-bond acceptors (Lipinski definition) is 3. The van der Waals surface area contributed by atoms with Gasteiger partial charge in [-0.15, -0.1) is 0 Å². The zero-order valence-electron chi connectivity index (χ0n) is 11.5. The molecule has 0 aromatic carbocycles. The molecule has 2 aromatic rings. The highest BCUT2D eigenvalue weighted by atomic mass is 15.3. The van der Waals surface area contributed by atoms with Crippen LogP contribution in [-0.4, -0.2) is 14.8 Å². The first-order chi connectivity index (χ1) is 8.58. The smallest absolute Gasteiger partial charge is 0.0641 e. The fourth-order valence-corrected chi connectivity index (χ4v) is 2.09. The van der Waals surface area contributed by atoms with E-state index in [-0.39, 0.29) is 0 Å². The molecule has 1 N–H and O–H groups in total. The Morgan fingerprint density at radius 2 is 1.94 bits per heavy atom. The lowest BCUT2D eigenvalue weighted by Gasteiger charge is -2.05. The third-order valence-electron chi connectivity index (χ3n) is 3.21. The van der Waals surface area contributed by atoms with E-state index in [2.05, 4.69) is 29.2 Å². The van der Waals surface area contributed by atoms with E-state index in [1.807, 2.05) is 36.9 Å². The molecule has 0 unspecified atom stereocenters. The zero-order chi connectivity index (χ0) is 13.1. The average Bonchev–Trinajstić information content (AvgIpc) is 2.56. The Kier molecular flexibility index (Phi) is 3.77. The molecule has 4 nitrogen and oxygen atoms in total. The van der Waals surface area contributed by atoms with E-state index in [1.54, 1.807) is 0 Å². The van der Waals surface area contributed by atoms with Gasteiger partial charge in [0.25, 0.3) is 0 Å². The summed E-state index contributed by atoms with van der Waals surface area (Å²) in [6.45, 7) is 7.78. The Labute approximate surface area is 108 Å². The summed E-state index contributed by atoms with van der Waals surface area (Å²) in [6, 6.07) is 6.10. The van der Waals surface area contributed by atoms with E-state index in [1.165, 1.54) is 11.3 Å². The van der Waals surface area contributed by atoms with E-state index >= 15 is 0 Å². The van der Waals surface area contributed by atoms with Crippen molar-refractivity contribution in [3.8, 4) is 0 Å². The van der Waals surface area contributed by atoms with E-state index in [0.29, 0.717) is 0 Å². The summed E-state index contributed by atoms with van der Waals surface area (Å²) in [4.78, 5) is 4.47. The summed E-state index contributed by atoms with van der Waals surface area (Å²) in [7, 11) is 1.98. The number of rotatable bonds is 4. The van der Waals surface area contributed by atoms with Crippen molar-refractivity contribution in [3.05, 3.63) is 46.5 Å². The molecule has 18 heavy (non-hydrogen) atoms. The second kappa shape index (κ2) is 5.31. The maximum atomic E-state index is 4.47. The molecule has 2 heterocycles. The van der Waals surface area contributed by atoms with Crippen LogP contribution < -0.4 is 5.32 Å². The molecule has 2 aromatic heterocycles. The van der Waals surface area contributed by atoms with Crippen LogP contribution in [0.2, 0.25) is 0 Å². The number of nitrogens with one attached hydrogen (secondary N) is 1. The van der Waals surface area contributed by atoms with Crippen LogP contribution >= 0.6 is 0 Å². The Balaban J connectivity index is 1.96. The van der Waals surface area contributed by atoms with Crippen LogP contribution in [0.25, 0.3) is 0 Å². The maximum absolute atomic E-state index is 4.47. The molecule has 2 rings (SSSR count). The quantitative estimate of drug-likeness (QED) is 0.895. The highest BCUT2D eigenvalue weighted by Crippen LogP contribution is 2.11. The van der Waals surface area contributed by atoms with E-state index in [4.69, 9.17) is 0 Å². The molecule has 4 heteroatoms. The summed E-state index contributed by atoms with van der Waals surface area (Å²) >= 11 is 0. The van der Waals surface area contributed by atoms with Gasteiger partial charge < -0.3 is 5.32 Å². The molecule has 0 bridgehead atoms. The predicted molar refractivity (Wildman–Crippen MR) is 72.2 cm³/mol. The second-order valence-electron chi connectivity index (χ2n) is 4.65. The lowest BCUT2D eigenvalue weighted by Crippen LogP contribution is -2.15. The molecule has 0 saturated carbocycles. The average molecular weight is 244 g/mol. The topological polar surface area (TPSA) is 42.7 Å². The monoisotopic (exact) mass is 244 g/mol. The molecule has 0 aliphatic rings. The Hall–Kier alpha value is -1.68. The SMILES string of the molecule is Cc1cccc(CNCc2c(C)nn(C)c2C)n1. The van der Waals surface area contributed by atoms with Gasteiger partial charge in [0.15, 0.2) is 0 Å². The molecule has 0 atom stereocenters. The van der Waals surface area contributed by atoms with Crippen molar-refractivity contribution < 1.29 is 0 Å². The van der Waals surface area contributed by atoms with Crippen LogP contribution in [-0.2, 0) is 20.1 Å². The van der Waals surface area contributed by atoms with Gasteiger partial charge in [-0.25, -0.2) is 0 Å². The van der Waals surface area contributed by atoms with Crippen molar-refractivity contribution in [2.45, 2.75) is 33.9 Å². The standard InChI is InChI=1S/C14H20N4/c1-10-6-5-7-13(16-10)8-15-9-14-11(2)17-18(4)12(14)3/h5-7,15H,8-9H2,1-4H3. The molecule has 0 radical (unpaired) electrons. The first-order valence-electron chi connectivity index (χ1n) is 6.20. The lowest BCUT2D eigenvalue weighted by atomic mass is 10.2. The highest BCUT2D eigenvalue weighted by Gasteiger charge is 2.08. The Morgan fingerprint density at radius 1 is 1.17 bits per heavy atom. The van der Waals surface area contributed by atoms with Crippen LogP contribution in [0, 0.1) is 20.8 Å². The van der Waals surface area contributed by atoms with Gasteiger partial charge in [-0.05, 0) is 32.9 Å². The van der Waals surface area contributed by atoms with E-state index in [0.717, 1.165) is 30.2 Å². The molecular formula is C14H20N4. The fraction of sp³-hybridized carbons (Fsp3) is 0.429. The van der Waals surface area contributed by atoms with Gasteiger partial charge in [0.2, 0.25) is 0 Å². The molecule has 0 fully saturated rings. The first kappa shape index (κ1) is 12.8. The second-order valence-corrected chi connectivity index (χ2v) is 4.65. The Bertz CT molecular complexity index is 543. The zero-order valence-corrected chi connectivity index (χ0v) is 11.5. The van der Waals surface area contributed by atoms with Crippen molar-refractivity contribution >= 4 is 0 Å². The van der Waals surface area contributed by atoms with Crippen molar-refractivity contribution in [2.24, 2.45) is 7.05 Å². The van der Waals surface area contributed by atoms with Crippen molar-refractivity contribution in [1.82, 2.24) is 20.1 Å². The minimum absolute atomic E-state index is 0.787. The predicted octanol–water partition coefficient (Wildman–Crippen LogP) is 2.03. The van der Waals surface area contributed by atoms with E-state index in [9.17, 15) is 0 Å². The van der Waals surface area contributed by atoms with Gasteiger partial charge in [0.1, 0.15) is 0 Å². The molecule has 0 saturated heterocycles. The van der Waals surface area contributed by atoms with Crippen LogP contribution in [0.4, 0.5) is 0 Å². The van der Waals surface area contributed by atoms with Crippen molar-refractivity contribution in [1.29, 1.82) is 0 Å². The normalized spacial score (nSPS) is 10.9. The lowest BCUT2D eigenvalue weighted by molar-refractivity contribution is 0.670. The summed E-state index contributed by atoms with van der Waals surface area (Å²) in [5.74, 6) is 0. The summed E-state index contributed by atoms with van der Waals surface area (Å²) < 4.78 is 1.93. The van der Waals surface area contributed by atoms with Crippen molar-refractivity contribution in [2.75, 3.05) is 0 Å². The first-order valence-corrected chi connectivity index (χ1v) is 6.20. The fourth-order valence-electron chi connectivity index (χ4n) is 2.09. The number of aryl methyl sites for hydroxylation is 3. The summed E-state index contributed by atoms with van der Waals surface area (Å²) in [5.41, 5.74) is 5.74. The number of pyridine rings is 1. The molecule has 0 spiro atoms. The molecule has 96 valence electrons. The minimum Gasteiger partial charge on any atom is -0.307 e. The van der Waals surface area contributed by atoms with Crippen LogP contribution in [0.5, 0.6) is 0 Å². The van der Waals surface area contributed by atoms with Gasteiger partial charge in [0.05, 0.1) is 11.4 Å². The molecular weight excluding hydrogens is 224 g/mol. The van der Waals surface area contributed by atoms with Crippen LogP contribution in [0.15, 0.2) is 18.2 Å². The minimum atomic E-state index is 0.787. The largest absolute Gasteiger partial charge is 0.307 e. The van der Waals surface area contributed by atoms with Gasteiger partial charge in [-0.3, -0.25) is 9.67 Å². The molecule has 0 amide bonds. The highest BCUT2D eigenvalue weighted by molar-refractivity contribution is 5.24. The number of hydrogen-bond donors (Lipinski definition) is 1. The van der Waals surface area contributed by atoms with Crippen molar-refractivity contribution in [3.63, 3.8) is 0 Å². The van der Waals surface area contributed by atoms with Gasteiger partial charge in [0, 0.05) is 37.1 Å². The third-order valence-corrected chi connectivity index (χ3v) is 3.21. The summed E-state index contributed by atoms with van der Waals surface area (Å²) in [6.07, 6.45) is 0. The van der Waals surface area contributed by atoms with E-state index < -0.39 is 0 Å². The Morgan fingerprint density at radius 3 is 2.56 bits per heavy atom. The number of aromatic nitrogens is 3.